The van der Waals surface area contributed by atoms with Gasteiger partial charge in [-0.25, -0.2) is 0 Å². The Kier molecular flexibility index (Phi) is 5.70. The summed E-state index contributed by atoms with van der Waals surface area (Å²) < 4.78 is 0. The second kappa shape index (κ2) is 6.80. The van der Waals surface area contributed by atoms with Crippen LogP contribution in [0.3, 0.4) is 0 Å². The number of nitrogens with one attached hydrogen (secondary N) is 1. The predicted molar refractivity (Wildman–Crippen MR) is 76.5 cm³/mol. The first-order chi connectivity index (χ1) is 8.04. The monoisotopic (exact) mass is 233 g/mol. The van der Waals surface area contributed by atoms with Crippen LogP contribution in [0.5, 0.6) is 0 Å². The maximum atomic E-state index is 3.69. The molecular formula is C16H27N. The molecule has 1 aromatic carbocycles. The average Bonchev–Trinajstić information content (AvgIpc) is 2.24. The molecule has 0 aliphatic carbocycles. The highest BCUT2D eigenvalue weighted by atomic mass is 14.9. The summed E-state index contributed by atoms with van der Waals surface area (Å²) in [5.74, 6) is 0. The zero-order valence-corrected chi connectivity index (χ0v) is 12.0. The van der Waals surface area contributed by atoms with E-state index in [9.17, 15) is 0 Å². The average molecular weight is 233 g/mol. The van der Waals surface area contributed by atoms with Gasteiger partial charge in [-0.3, -0.25) is 0 Å². The van der Waals surface area contributed by atoms with Gasteiger partial charge in [0, 0.05) is 12.1 Å². The first kappa shape index (κ1) is 14.2. The Bertz CT molecular complexity index is 341. The number of rotatable bonds is 6. The standard InChI is InChI=1S/C16H27N/c1-6-7-8-16(17-12(2)3)15-10-9-13(4)11-14(15)5/h9-12,16-17H,6-8H2,1-5H3. The van der Waals surface area contributed by atoms with E-state index in [4.69, 9.17) is 0 Å². The van der Waals surface area contributed by atoms with E-state index in [-0.39, 0.29) is 0 Å². The lowest BCUT2D eigenvalue weighted by atomic mass is 9.95. The summed E-state index contributed by atoms with van der Waals surface area (Å²) in [7, 11) is 0. The van der Waals surface area contributed by atoms with Gasteiger partial charge in [-0.05, 0) is 31.4 Å². The van der Waals surface area contributed by atoms with Crippen LogP contribution >= 0.6 is 0 Å². The van der Waals surface area contributed by atoms with Crippen molar-refractivity contribution in [3.05, 3.63) is 34.9 Å². The maximum absolute atomic E-state index is 3.69. The third-order valence-electron chi connectivity index (χ3n) is 3.18. The molecule has 17 heavy (non-hydrogen) atoms. The molecule has 1 heteroatoms. The molecule has 0 fully saturated rings. The third kappa shape index (κ3) is 4.51. The number of benzene rings is 1. The first-order valence-electron chi connectivity index (χ1n) is 6.87. The van der Waals surface area contributed by atoms with Crippen molar-refractivity contribution in [1.29, 1.82) is 0 Å². The zero-order valence-electron chi connectivity index (χ0n) is 12.0. The van der Waals surface area contributed by atoms with Crippen molar-refractivity contribution >= 4 is 0 Å². The minimum atomic E-state index is 0.510. The first-order valence-corrected chi connectivity index (χ1v) is 6.87. The largest absolute Gasteiger partial charge is 0.308 e. The van der Waals surface area contributed by atoms with Crippen LogP contribution in [0.1, 0.15) is 62.8 Å². The van der Waals surface area contributed by atoms with E-state index in [1.165, 1.54) is 36.0 Å². The van der Waals surface area contributed by atoms with E-state index in [0.29, 0.717) is 12.1 Å². The normalized spacial score (nSPS) is 13.1. The molecule has 0 amide bonds. The fraction of sp³-hybridized carbons (Fsp3) is 0.625. The highest BCUT2D eigenvalue weighted by Gasteiger charge is 2.13. The lowest BCUT2D eigenvalue weighted by Crippen LogP contribution is -2.28. The van der Waals surface area contributed by atoms with E-state index in [1.807, 2.05) is 0 Å². The summed E-state index contributed by atoms with van der Waals surface area (Å²) in [6.07, 6.45) is 3.79. The summed E-state index contributed by atoms with van der Waals surface area (Å²) in [5, 5.41) is 3.69. The molecule has 1 N–H and O–H groups in total. The molecule has 1 unspecified atom stereocenters. The summed E-state index contributed by atoms with van der Waals surface area (Å²) in [5.41, 5.74) is 4.24. The third-order valence-corrected chi connectivity index (χ3v) is 3.18. The molecule has 96 valence electrons. The van der Waals surface area contributed by atoms with Crippen LogP contribution < -0.4 is 5.32 Å². The van der Waals surface area contributed by atoms with Gasteiger partial charge in [-0.2, -0.15) is 0 Å². The fourth-order valence-corrected chi connectivity index (χ4v) is 2.36. The minimum absolute atomic E-state index is 0.510. The Morgan fingerprint density at radius 1 is 1.18 bits per heavy atom. The second-order valence-electron chi connectivity index (χ2n) is 5.38. The fourth-order valence-electron chi connectivity index (χ4n) is 2.36. The molecule has 0 aromatic heterocycles. The summed E-state index contributed by atoms with van der Waals surface area (Å²) >= 11 is 0. The minimum Gasteiger partial charge on any atom is -0.308 e. The van der Waals surface area contributed by atoms with E-state index in [0.717, 1.165) is 0 Å². The van der Waals surface area contributed by atoms with Gasteiger partial charge in [0.15, 0.2) is 0 Å². The molecule has 1 aromatic rings. The Morgan fingerprint density at radius 3 is 2.41 bits per heavy atom. The van der Waals surface area contributed by atoms with Gasteiger partial charge in [0.25, 0.3) is 0 Å². The summed E-state index contributed by atoms with van der Waals surface area (Å²) in [6, 6.07) is 7.85. The molecule has 0 aliphatic rings. The van der Waals surface area contributed by atoms with Gasteiger partial charge in [0.05, 0.1) is 0 Å². The second-order valence-corrected chi connectivity index (χ2v) is 5.38. The molecule has 0 saturated heterocycles. The van der Waals surface area contributed by atoms with Crippen molar-refractivity contribution in [1.82, 2.24) is 5.32 Å². The molecule has 0 aliphatic heterocycles. The highest BCUT2D eigenvalue weighted by Crippen LogP contribution is 2.24. The van der Waals surface area contributed by atoms with Gasteiger partial charge < -0.3 is 5.32 Å². The lowest BCUT2D eigenvalue weighted by Gasteiger charge is -2.23. The van der Waals surface area contributed by atoms with E-state index < -0.39 is 0 Å². The van der Waals surface area contributed by atoms with Crippen LogP contribution in [0, 0.1) is 13.8 Å². The van der Waals surface area contributed by atoms with E-state index in [2.05, 4.69) is 58.1 Å². The van der Waals surface area contributed by atoms with Crippen LogP contribution in [0.4, 0.5) is 0 Å². The molecule has 0 saturated carbocycles. The molecular weight excluding hydrogens is 206 g/mol. The number of unbranched alkanes of at least 4 members (excludes halogenated alkanes) is 1. The molecule has 1 atom stereocenters. The summed E-state index contributed by atoms with van der Waals surface area (Å²) in [6.45, 7) is 11.1. The van der Waals surface area contributed by atoms with Gasteiger partial charge >= 0.3 is 0 Å². The molecule has 1 rings (SSSR count). The van der Waals surface area contributed by atoms with Gasteiger partial charge in [-0.15, -0.1) is 0 Å². The lowest BCUT2D eigenvalue weighted by molar-refractivity contribution is 0.438. The zero-order chi connectivity index (χ0) is 12.8. The van der Waals surface area contributed by atoms with Crippen LogP contribution in [0.15, 0.2) is 18.2 Å². The van der Waals surface area contributed by atoms with Crippen LogP contribution in [0.25, 0.3) is 0 Å². The quantitative estimate of drug-likeness (QED) is 0.761. The molecule has 0 bridgehead atoms. The molecule has 1 nitrogen and oxygen atoms in total. The van der Waals surface area contributed by atoms with Crippen molar-refractivity contribution in [2.24, 2.45) is 0 Å². The Morgan fingerprint density at radius 2 is 1.88 bits per heavy atom. The van der Waals surface area contributed by atoms with Crippen LogP contribution in [0.2, 0.25) is 0 Å². The van der Waals surface area contributed by atoms with Crippen molar-refractivity contribution in [2.45, 2.75) is 66.0 Å². The van der Waals surface area contributed by atoms with Crippen molar-refractivity contribution in [3.63, 3.8) is 0 Å². The smallest absolute Gasteiger partial charge is 0.0325 e. The molecule has 0 radical (unpaired) electrons. The number of aryl methyl sites for hydroxylation is 2. The maximum Gasteiger partial charge on any atom is 0.0325 e. The van der Waals surface area contributed by atoms with Gasteiger partial charge in [-0.1, -0.05) is 57.4 Å². The Labute approximate surface area is 107 Å². The SMILES string of the molecule is CCCCC(NC(C)C)c1ccc(C)cc1C. The Balaban J connectivity index is 2.86. The van der Waals surface area contributed by atoms with Gasteiger partial charge in [0.1, 0.15) is 0 Å². The van der Waals surface area contributed by atoms with E-state index >= 15 is 0 Å². The predicted octanol–water partition coefficient (Wildman–Crippen LogP) is 4.53. The number of hydrogen-bond acceptors (Lipinski definition) is 1. The van der Waals surface area contributed by atoms with Crippen molar-refractivity contribution in [2.75, 3.05) is 0 Å². The topological polar surface area (TPSA) is 12.0 Å². The van der Waals surface area contributed by atoms with Crippen molar-refractivity contribution in [3.8, 4) is 0 Å². The van der Waals surface area contributed by atoms with Crippen LogP contribution in [-0.2, 0) is 0 Å². The van der Waals surface area contributed by atoms with Crippen LogP contribution in [-0.4, -0.2) is 6.04 Å². The Hall–Kier alpha value is -0.820. The van der Waals surface area contributed by atoms with Gasteiger partial charge in [0.2, 0.25) is 0 Å². The van der Waals surface area contributed by atoms with E-state index in [1.54, 1.807) is 0 Å². The number of hydrogen-bond donors (Lipinski definition) is 1. The summed E-state index contributed by atoms with van der Waals surface area (Å²) in [4.78, 5) is 0. The molecule has 0 heterocycles. The molecule has 0 spiro atoms. The van der Waals surface area contributed by atoms with Crippen molar-refractivity contribution < 1.29 is 0 Å². The highest BCUT2D eigenvalue weighted by molar-refractivity contribution is 5.32.